The highest BCUT2D eigenvalue weighted by Gasteiger charge is 2.29. The van der Waals surface area contributed by atoms with E-state index in [9.17, 15) is 13.2 Å². The summed E-state index contributed by atoms with van der Waals surface area (Å²) in [5.41, 5.74) is 0.572. The van der Waals surface area contributed by atoms with Crippen LogP contribution in [0.5, 0.6) is 5.75 Å². The minimum absolute atomic E-state index is 0.0234. The molecule has 0 spiro atoms. The molecule has 1 N–H and O–H groups in total. The van der Waals surface area contributed by atoms with Gasteiger partial charge in [0.2, 0.25) is 5.91 Å². The zero-order valence-electron chi connectivity index (χ0n) is 15.9. The second-order valence-corrected chi connectivity index (χ2v) is 8.83. The lowest BCUT2D eigenvalue weighted by atomic mass is 10.3. The maximum Gasteiger partial charge on any atom is 0.264 e. The van der Waals surface area contributed by atoms with Gasteiger partial charge in [-0.1, -0.05) is 53.5 Å². The SMILES string of the molecule is COc1cccc(NC(=O)CN(c2cccc(Cl)c2Cl)S(=O)(=O)c2ccccc2)c1. The largest absolute Gasteiger partial charge is 0.497 e. The van der Waals surface area contributed by atoms with E-state index in [0.717, 1.165) is 4.31 Å². The maximum atomic E-state index is 13.3. The summed E-state index contributed by atoms with van der Waals surface area (Å²) in [7, 11) is -2.58. The Labute approximate surface area is 185 Å². The van der Waals surface area contributed by atoms with E-state index in [-0.39, 0.29) is 20.6 Å². The fourth-order valence-electron chi connectivity index (χ4n) is 2.74. The Morgan fingerprint density at radius 1 is 1.00 bits per heavy atom. The molecule has 0 fully saturated rings. The van der Waals surface area contributed by atoms with Crippen molar-refractivity contribution in [2.24, 2.45) is 0 Å². The predicted octanol–water partition coefficient (Wildman–Crippen LogP) is 4.84. The van der Waals surface area contributed by atoms with Crippen LogP contribution in [0.1, 0.15) is 0 Å². The number of nitrogens with one attached hydrogen (secondary N) is 1. The summed E-state index contributed by atoms with van der Waals surface area (Å²) in [4.78, 5) is 12.8. The minimum atomic E-state index is -4.09. The Bertz CT molecular complexity index is 1150. The van der Waals surface area contributed by atoms with Crippen molar-refractivity contribution in [2.45, 2.75) is 4.90 Å². The molecule has 30 heavy (non-hydrogen) atoms. The Morgan fingerprint density at radius 3 is 2.40 bits per heavy atom. The number of hydrogen-bond donors (Lipinski definition) is 1. The molecule has 9 heteroatoms. The zero-order valence-corrected chi connectivity index (χ0v) is 18.2. The number of benzene rings is 3. The number of carbonyl (C=O) groups excluding carboxylic acids is 1. The average Bonchev–Trinajstić information content (AvgIpc) is 2.75. The number of amides is 1. The molecule has 0 aliphatic rings. The third-order valence-electron chi connectivity index (χ3n) is 4.17. The molecule has 6 nitrogen and oxygen atoms in total. The molecule has 3 aromatic rings. The molecule has 3 aromatic carbocycles. The fraction of sp³-hybridized carbons (Fsp3) is 0.0952. The summed E-state index contributed by atoms with van der Waals surface area (Å²) in [6, 6.07) is 19.1. The van der Waals surface area contributed by atoms with Crippen LogP contribution < -0.4 is 14.4 Å². The van der Waals surface area contributed by atoms with Crippen molar-refractivity contribution in [3.8, 4) is 5.75 Å². The van der Waals surface area contributed by atoms with Crippen LogP contribution in [0.4, 0.5) is 11.4 Å². The number of hydrogen-bond acceptors (Lipinski definition) is 4. The van der Waals surface area contributed by atoms with E-state index in [1.54, 1.807) is 48.5 Å². The van der Waals surface area contributed by atoms with Crippen LogP contribution in [0, 0.1) is 0 Å². The topological polar surface area (TPSA) is 75.7 Å². The van der Waals surface area contributed by atoms with Gasteiger partial charge >= 0.3 is 0 Å². The first-order valence-electron chi connectivity index (χ1n) is 8.78. The molecular weight excluding hydrogens is 447 g/mol. The van der Waals surface area contributed by atoms with Gasteiger partial charge < -0.3 is 10.1 Å². The van der Waals surface area contributed by atoms with Crippen molar-refractivity contribution < 1.29 is 17.9 Å². The summed E-state index contributed by atoms with van der Waals surface area (Å²) >= 11 is 12.4. The maximum absolute atomic E-state index is 13.3. The Morgan fingerprint density at radius 2 is 1.70 bits per heavy atom. The van der Waals surface area contributed by atoms with Crippen LogP contribution in [0.2, 0.25) is 10.0 Å². The number of sulfonamides is 1. The molecule has 156 valence electrons. The van der Waals surface area contributed by atoms with Crippen molar-refractivity contribution in [3.05, 3.63) is 82.8 Å². The van der Waals surface area contributed by atoms with Gasteiger partial charge in [0.1, 0.15) is 12.3 Å². The number of anilines is 2. The molecule has 0 heterocycles. The molecule has 0 unspecified atom stereocenters. The molecular formula is C21H18Cl2N2O4S. The van der Waals surface area contributed by atoms with Crippen LogP contribution in [0.25, 0.3) is 0 Å². The van der Waals surface area contributed by atoms with Crippen molar-refractivity contribution >= 4 is 50.5 Å². The molecule has 0 atom stereocenters. The van der Waals surface area contributed by atoms with Crippen molar-refractivity contribution in [1.29, 1.82) is 0 Å². The van der Waals surface area contributed by atoms with Gasteiger partial charge in [-0.3, -0.25) is 9.10 Å². The standard InChI is InChI=1S/C21H18Cl2N2O4S/c1-29-16-8-5-7-15(13-16)24-20(26)14-25(19-12-6-11-18(22)21(19)23)30(27,28)17-9-3-2-4-10-17/h2-13H,14H2,1H3,(H,24,26). The second-order valence-electron chi connectivity index (χ2n) is 6.18. The van der Waals surface area contributed by atoms with Gasteiger partial charge in [0.05, 0.1) is 27.7 Å². The van der Waals surface area contributed by atoms with E-state index < -0.39 is 22.5 Å². The molecule has 0 saturated heterocycles. The van der Waals surface area contributed by atoms with E-state index in [0.29, 0.717) is 11.4 Å². The first-order chi connectivity index (χ1) is 14.3. The van der Waals surface area contributed by atoms with Crippen molar-refractivity contribution in [2.75, 3.05) is 23.3 Å². The molecule has 0 aliphatic heterocycles. The third kappa shape index (κ3) is 4.87. The summed E-state index contributed by atoms with van der Waals surface area (Å²) < 4.78 is 32.7. The summed E-state index contributed by atoms with van der Waals surface area (Å²) in [5, 5.41) is 2.88. The molecule has 0 bridgehead atoms. The van der Waals surface area contributed by atoms with Crippen LogP contribution in [0.15, 0.2) is 77.7 Å². The summed E-state index contributed by atoms with van der Waals surface area (Å²) in [6.45, 7) is -0.505. The highest BCUT2D eigenvalue weighted by Crippen LogP contribution is 2.35. The van der Waals surface area contributed by atoms with Gasteiger partial charge in [0, 0.05) is 11.8 Å². The van der Waals surface area contributed by atoms with Gasteiger partial charge in [0.25, 0.3) is 10.0 Å². The minimum Gasteiger partial charge on any atom is -0.497 e. The highest BCUT2D eigenvalue weighted by atomic mass is 35.5. The number of carbonyl (C=O) groups is 1. The highest BCUT2D eigenvalue weighted by molar-refractivity contribution is 7.92. The zero-order chi connectivity index (χ0) is 21.7. The van der Waals surface area contributed by atoms with Crippen LogP contribution in [-0.2, 0) is 14.8 Å². The molecule has 3 rings (SSSR count). The van der Waals surface area contributed by atoms with Gasteiger partial charge in [-0.15, -0.1) is 0 Å². The smallest absolute Gasteiger partial charge is 0.264 e. The van der Waals surface area contributed by atoms with Crippen LogP contribution >= 0.6 is 23.2 Å². The first kappa shape index (κ1) is 22.0. The predicted molar refractivity (Wildman–Crippen MR) is 119 cm³/mol. The normalized spacial score (nSPS) is 11.0. The summed E-state index contributed by atoms with van der Waals surface area (Å²) in [6.07, 6.45) is 0. The van der Waals surface area contributed by atoms with Gasteiger partial charge in [0.15, 0.2) is 0 Å². The van der Waals surface area contributed by atoms with Crippen LogP contribution in [-0.4, -0.2) is 28.0 Å². The van der Waals surface area contributed by atoms with E-state index in [4.69, 9.17) is 27.9 Å². The van der Waals surface area contributed by atoms with E-state index >= 15 is 0 Å². The van der Waals surface area contributed by atoms with Crippen molar-refractivity contribution in [1.82, 2.24) is 0 Å². The van der Waals surface area contributed by atoms with E-state index in [2.05, 4.69) is 5.32 Å². The van der Waals surface area contributed by atoms with E-state index in [1.807, 2.05) is 0 Å². The number of ether oxygens (including phenoxy) is 1. The number of halogens is 2. The van der Waals surface area contributed by atoms with Gasteiger partial charge in [-0.2, -0.15) is 0 Å². The van der Waals surface area contributed by atoms with E-state index in [1.165, 1.54) is 31.4 Å². The molecule has 1 amide bonds. The number of rotatable bonds is 7. The fourth-order valence-corrected chi connectivity index (χ4v) is 4.64. The molecule has 0 radical (unpaired) electrons. The number of methoxy groups -OCH3 is 1. The Kier molecular flexibility index (Phi) is 6.87. The summed E-state index contributed by atoms with van der Waals surface area (Å²) in [5.74, 6) is -0.00162. The quantitative estimate of drug-likeness (QED) is 0.542. The first-order valence-corrected chi connectivity index (χ1v) is 11.0. The van der Waals surface area contributed by atoms with Crippen LogP contribution in [0.3, 0.4) is 0 Å². The molecule has 0 aliphatic carbocycles. The molecule has 0 saturated carbocycles. The number of nitrogens with zero attached hydrogens (tertiary/aromatic N) is 1. The van der Waals surface area contributed by atoms with Gasteiger partial charge in [-0.05, 0) is 36.4 Å². The Balaban J connectivity index is 1.97. The second kappa shape index (κ2) is 9.38. The molecule has 0 aromatic heterocycles. The van der Waals surface area contributed by atoms with Gasteiger partial charge in [-0.25, -0.2) is 8.42 Å². The lowest BCUT2D eigenvalue weighted by Gasteiger charge is -2.25. The van der Waals surface area contributed by atoms with Crippen molar-refractivity contribution in [3.63, 3.8) is 0 Å². The monoisotopic (exact) mass is 464 g/mol. The third-order valence-corrected chi connectivity index (χ3v) is 6.75. The lowest BCUT2D eigenvalue weighted by molar-refractivity contribution is -0.114. The average molecular weight is 465 g/mol. The lowest BCUT2D eigenvalue weighted by Crippen LogP contribution is -2.38. The Hall–Kier alpha value is -2.74.